The van der Waals surface area contributed by atoms with Gasteiger partial charge in [0.25, 0.3) is 0 Å². The van der Waals surface area contributed by atoms with Crippen molar-refractivity contribution in [3.05, 3.63) is 42.5 Å². The number of rotatable bonds is 1. The Morgan fingerprint density at radius 3 is 2.87 bits per heavy atom. The van der Waals surface area contributed by atoms with Crippen LogP contribution in [-0.4, -0.2) is 14.5 Å². The Bertz CT molecular complexity index is 576. The van der Waals surface area contributed by atoms with E-state index in [2.05, 4.69) is 9.97 Å². The first-order chi connectivity index (χ1) is 7.34. The Morgan fingerprint density at radius 1 is 1.27 bits per heavy atom. The molecule has 0 bridgehead atoms. The van der Waals surface area contributed by atoms with Crippen LogP contribution in [0.1, 0.15) is 5.82 Å². The molecule has 0 saturated heterocycles. The molecule has 0 radical (unpaired) electrons. The second kappa shape index (κ2) is 2.95. The van der Waals surface area contributed by atoms with Crippen molar-refractivity contribution in [2.24, 2.45) is 0 Å². The summed E-state index contributed by atoms with van der Waals surface area (Å²) in [6.07, 6.45) is 3.56. The van der Waals surface area contributed by atoms with E-state index in [0.717, 1.165) is 16.9 Å². The molecule has 0 aliphatic rings. The molecule has 2 aromatic heterocycles. The number of imidazole rings is 1. The van der Waals surface area contributed by atoms with Gasteiger partial charge in [0.15, 0.2) is 5.58 Å². The summed E-state index contributed by atoms with van der Waals surface area (Å²) in [4.78, 5) is 8.50. The number of aryl methyl sites for hydroxylation is 1. The molecule has 0 amide bonds. The number of hydrogen-bond donors (Lipinski definition) is 0. The van der Waals surface area contributed by atoms with Gasteiger partial charge in [0.05, 0.1) is 0 Å². The molecule has 0 aliphatic carbocycles. The van der Waals surface area contributed by atoms with Crippen molar-refractivity contribution in [1.82, 2.24) is 14.5 Å². The number of para-hydroxylation sites is 2. The van der Waals surface area contributed by atoms with Crippen LogP contribution in [0.4, 0.5) is 0 Å². The molecular weight excluding hydrogens is 190 g/mol. The van der Waals surface area contributed by atoms with Crippen LogP contribution in [0.2, 0.25) is 0 Å². The molecule has 0 spiro atoms. The van der Waals surface area contributed by atoms with Crippen molar-refractivity contribution in [3.63, 3.8) is 0 Å². The second-order valence-corrected chi connectivity index (χ2v) is 3.31. The van der Waals surface area contributed by atoms with Gasteiger partial charge in [-0.2, -0.15) is 4.98 Å². The van der Waals surface area contributed by atoms with E-state index in [1.165, 1.54) is 0 Å². The topological polar surface area (TPSA) is 43.9 Å². The minimum atomic E-state index is 0.561. The number of aromatic nitrogens is 3. The standard InChI is InChI=1S/C11H9N3O/c1-8-12-6-7-14(8)11-13-9-4-2-3-5-10(9)15-11/h2-7H,1H3. The van der Waals surface area contributed by atoms with Crippen LogP contribution in [0.25, 0.3) is 17.1 Å². The third-order valence-electron chi connectivity index (χ3n) is 2.31. The maximum Gasteiger partial charge on any atom is 0.308 e. The summed E-state index contributed by atoms with van der Waals surface area (Å²) in [5, 5.41) is 0. The van der Waals surface area contributed by atoms with Gasteiger partial charge in [0.1, 0.15) is 11.3 Å². The Hall–Kier alpha value is -2.10. The average Bonchev–Trinajstić information content (AvgIpc) is 2.82. The highest BCUT2D eigenvalue weighted by Gasteiger charge is 2.08. The summed E-state index contributed by atoms with van der Waals surface area (Å²) in [6.45, 7) is 1.91. The van der Waals surface area contributed by atoms with Gasteiger partial charge in [0, 0.05) is 12.4 Å². The Morgan fingerprint density at radius 2 is 2.13 bits per heavy atom. The lowest BCUT2D eigenvalue weighted by Crippen LogP contribution is -1.94. The van der Waals surface area contributed by atoms with E-state index in [1.54, 1.807) is 6.20 Å². The number of nitrogens with zero attached hydrogens (tertiary/aromatic N) is 3. The van der Waals surface area contributed by atoms with Crippen LogP contribution in [-0.2, 0) is 0 Å². The van der Waals surface area contributed by atoms with Gasteiger partial charge >= 0.3 is 6.01 Å². The van der Waals surface area contributed by atoms with Crippen molar-refractivity contribution in [2.45, 2.75) is 6.92 Å². The van der Waals surface area contributed by atoms with Crippen LogP contribution in [0.3, 0.4) is 0 Å². The zero-order valence-electron chi connectivity index (χ0n) is 8.21. The van der Waals surface area contributed by atoms with E-state index >= 15 is 0 Å². The summed E-state index contributed by atoms with van der Waals surface area (Å²) < 4.78 is 7.42. The van der Waals surface area contributed by atoms with Crippen molar-refractivity contribution in [3.8, 4) is 6.01 Å². The summed E-state index contributed by atoms with van der Waals surface area (Å²) in [7, 11) is 0. The molecule has 0 N–H and O–H groups in total. The number of hydrogen-bond acceptors (Lipinski definition) is 3. The van der Waals surface area contributed by atoms with Gasteiger partial charge in [0.2, 0.25) is 0 Å². The molecular formula is C11H9N3O. The van der Waals surface area contributed by atoms with Crippen molar-refractivity contribution < 1.29 is 4.42 Å². The van der Waals surface area contributed by atoms with Crippen LogP contribution >= 0.6 is 0 Å². The molecule has 0 aliphatic heterocycles. The van der Waals surface area contributed by atoms with Gasteiger partial charge in [-0.15, -0.1) is 0 Å². The quantitative estimate of drug-likeness (QED) is 0.604. The normalized spacial score (nSPS) is 11.0. The SMILES string of the molecule is Cc1nccn1-c1nc2ccccc2o1. The molecule has 1 aromatic carbocycles. The molecule has 3 rings (SSSR count). The third kappa shape index (κ3) is 1.22. The maximum absolute atomic E-state index is 5.61. The van der Waals surface area contributed by atoms with Crippen molar-refractivity contribution >= 4 is 11.1 Å². The molecule has 4 heteroatoms. The Balaban J connectivity index is 2.24. The summed E-state index contributed by atoms with van der Waals surface area (Å²) >= 11 is 0. The van der Waals surface area contributed by atoms with Gasteiger partial charge < -0.3 is 4.42 Å². The van der Waals surface area contributed by atoms with E-state index in [0.29, 0.717) is 6.01 Å². The van der Waals surface area contributed by atoms with E-state index < -0.39 is 0 Å². The lowest BCUT2D eigenvalue weighted by atomic mass is 10.3. The van der Waals surface area contributed by atoms with E-state index in [-0.39, 0.29) is 0 Å². The van der Waals surface area contributed by atoms with Crippen LogP contribution in [0.5, 0.6) is 0 Å². The number of oxazole rings is 1. The maximum atomic E-state index is 5.61. The van der Waals surface area contributed by atoms with E-state index in [1.807, 2.05) is 42.0 Å². The molecule has 2 heterocycles. The van der Waals surface area contributed by atoms with Gasteiger partial charge in [-0.3, -0.25) is 4.57 Å². The lowest BCUT2D eigenvalue weighted by molar-refractivity contribution is 0.559. The summed E-state index contributed by atoms with van der Waals surface area (Å²) in [5.74, 6) is 0.863. The highest BCUT2D eigenvalue weighted by Crippen LogP contribution is 2.18. The van der Waals surface area contributed by atoms with Gasteiger partial charge in [-0.05, 0) is 19.1 Å². The minimum Gasteiger partial charge on any atom is -0.423 e. The first-order valence-corrected chi connectivity index (χ1v) is 4.70. The fraction of sp³-hybridized carbons (Fsp3) is 0.0909. The Labute approximate surface area is 86.2 Å². The zero-order chi connectivity index (χ0) is 10.3. The summed E-state index contributed by atoms with van der Waals surface area (Å²) in [5.41, 5.74) is 1.65. The Kier molecular flexibility index (Phi) is 1.62. The fourth-order valence-electron chi connectivity index (χ4n) is 1.54. The predicted molar refractivity (Wildman–Crippen MR) is 55.9 cm³/mol. The lowest BCUT2D eigenvalue weighted by Gasteiger charge is -1.95. The third-order valence-corrected chi connectivity index (χ3v) is 2.31. The molecule has 74 valence electrons. The smallest absolute Gasteiger partial charge is 0.308 e. The van der Waals surface area contributed by atoms with Crippen LogP contribution < -0.4 is 0 Å². The molecule has 15 heavy (non-hydrogen) atoms. The largest absolute Gasteiger partial charge is 0.423 e. The van der Waals surface area contributed by atoms with Crippen molar-refractivity contribution in [2.75, 3.05) is 0 Å². The molecule has 0 atom stereocenters. The van der Waals surface area contributed by atoms with E-state index in [4.69, 9.17) is 4.42 Å². The van der Waals surface area contributed by atoms with Crippen LogP contribution in [0, 0.1) is 6.92 Å². The zero-order valence-corrected chi connectivity index (χ0v) is 8.21. The highest BCUT2D eigenvalue weighted by molar-refractivity contribution is 5.73. The van der Waals surface area contributed by atoms with Crippen LogP contribution in [0.15, 0.2) is 41.1 Å². The fourth-order valence-corrected chi connectivity index (χ4v) is 1.54. The number of fused-ring (bicyclic) bond motifs is 1. The molecule has 3 aromatic rings. The second-order valence-electron chi connectivity index (χ2n) is 3.31. The first kappa shape index (κ1) is 8.23. The first-order valence-electron chi connectivity index (χ1n) is 4.70. The molecule has 4 nitrogen and oxygen atoms in total. The molecule has 0 fully saturated rings. The predicted octanol–water partition coefficient (Wildman–Crippen LogP) is 2.32. The highest BCUT2D eigenvalue weighted by atomic mass is 16.4. The summed E-state index contributed by atoms with van der Waals surface area (Å²) in [6, 6.07) is 8.26. The van der Waals surface area contributed by atoms with Crippen molar-refractivity contribution in [1.29, 1.82) is 0 Å². The molecule has 0 unspecified atom stereocenters. The minimum absolute atomic E-state index is 0.561. The van der Waals surface area contributed by atoms with Gasteiger partial charge in [-0.25, -0.2) is 4.98 Å². The number of benzene rings is 1. The monoisotopic (exact) mass is 199 g/mol. The average molecular weight is 199 g/mol. The molecule has 0 saturated carbocycles. The van der Waals surface area contributed by atoms with Gasteiger partial charge in [-0.1, -0.05) is 12.1 Å². The van der Waals surface area contributed by atoms with E-state index in [9.17, 15) is 0 Å².